The Kier molecular flexibility index (Phi) is 5.07. The summed E-state index contributed by atoms with van der Waals surface area (Å²) in [6, 6.07) is 19.7. The first-order chi connectivity index (χ1) is 13.2. The normalized spacial score (nSPS) is 19.2. The number of nitrogens with zero attached hydrogens (tertiary/aromatic N) is 1. The maximum atomic E-state index is 6.29. The molecule has 0 fully saturated rings. The topological polar surface area (TPSA) is 28.4 Å². The highest BCUT2D eigenvalue weighted by Crippen LogP contribution is 2.40. The van der Waals surface area contributed by atoms with Gasteiger partial charge in [-0.1, -0.05) is 55.5 Å². The van der Waals surface area contributed by atoms with Crippen LogP contribution in [0.5, 0.6) is 0 Å². The lowest BCUT2D eigenvalue weighted by Gasteiger charge is -2.41. The smallest absolute Gasteiger partial charge is 0.134 e. The van der Waals surface area contributed by atoms with Crippen molar-refractivity contribution in [1.82, 2.24) is 10.2 Å². The van der Waals surface area contributed by atoms with Crippen LogP contribution in [0.4, 0.5) is 0 Å². The third-order valence-corrected chi connectivity index (χ3v) is 6.41. The molecule has 1 aliphatic heterocycles. The van der Waals surface area contributed by atoms with Gasteiger partial charge in [-0.25, -0.2) is 0 Å². The Hall–Kier alpha value is -2.10. The van der Waals surface area contributed by atoms with Crippen molar-refractivity contribution >= 4 is 11.0 Å². The van der Waals surface area contributed by atoms with E-state index in [1.807, 2.05) is 0 Å². The Morgan fingerprint density at radius 3 is 2.56 bits per heavy atom. The highest BCUT2D eigenvalue weighted by atomic mass is 16.3. The van der Waals surface area contributed by atoms with E-state index in [-0.39, 0.29) is 11.6 Å². The van der Waals surface area contributed by atoms with Gasteiger partial charge in [0.1, 0.15) is 11.3 Å². The number of hydrogen-bond acceptors (Lipinski definition) is 3. The van der Waals surface area contributed by atoms with Gasteiger partial charge in [-0.2, -0.15) is 0 Å². The van der Waals surface area contributed by atoms with Crippen molar-refractivity contribution in [2.75, 3.05) is 20.6 Å². The summed E-state index contributed by atoms with van der Waals surface area (Å²) < 4.78 is 6.29. The average Bonchev–Trinajstić information content (AvgIpc) is 3.09. The van der Waals surface area contributed by atoms with Crippen LogP contribution >= 0.6 is 0 Å². The summed E-state index contributed by atoms with van der Waals surface area (Å²) in [5.74, 6) is 1.15. The molecular formula is C24H30N2O. The lowest BCUT2D eigenvalue weighted by molar-refractivity contribution is 0.122. The molecule has 0 saturated heterocycles. The van der Waals surface area contributed by atoms with Crippen molar-refractivity contribution in [1.29, 1.82) is 0 Å². The molecule has 2 heterocycles. The Morgan fingerprint density at radius 2 is 1.81 bits per heavy atom. The van der Waals surface area contributed by atoms with E-state index in [2.05, 4.69) is 85.8 Å². The maximum absolute atomic E-state index is 6.29. The molecule has 0 spiro atoms. The van der Waals surface area contributed by atoms with Gasteiger partial charge < -0.3 is 9.73 Å². The summed E-state index contributed by atoms with van der Waals surface area (Å²) in [5, 5.41) is 5.00. The number of fused-ring (bicyclic) bond motifs is 3. The molecule has 0 radical (unpaired) electrons. The fourth-order valence-electron chi connectivity index (χ4n) is 4.81. The quantitative estimate of drug-likeness (QED) is 0.648. The Morgan fingerprint density at radius 1 is 1.07 bits per heavy atom. The van der Waals surface area contributed by atoms with Crippen LogP contribution in [0.3, 0.4) is 0 Å². The van der Waals surface area contributed by atoms with E-state index in [9.17, 15) is 0 Å². The van der Waals surface area contributed by atoms with Crippen molar-refractivity contribution in [3.63, 3.8) is 0 Å². The van der Waals surface area contributed by atoms with Gasteiger partial charge in [-0.05, 0) is 51.4 Å². The number of para-hydroxylation sites is 1. The molecule has 3 aromatic rings. The van der Waals surface area contributed by atoms with Gasteiger partial charge in [0.25, 0.3) is 0 Å². The van der Waals surface area contributed by atoms with E-state index >= 15 is 0 Å². The lowest BCUT2D eigenvalue weighted by atomic mass is 9.80. The van der Waals surface area contributed by atoms with Gasteiger partial charge in [0.15, 0.2) is 0 Å². The summed E-state index contributed by atoms with van der Waals surface area (Å²) in [6.07, 6.45) is 4.29. The third kappa shape index (κ3) is 3.19. The van der Waals surface area contributed by atoms with Crippen molar-refractivity contribution in [3.8, 4) is 0 Å². The number of furan rings is 1. The molecule has 0 bridgehead atoms. The zero-order chi connectivity index (χ0) is 18.9. The zero-order valence-electron chi connectivity index (χ0n) is 16.7. The van der Waals surface area contributed by atoms with Gasteiger partial charge in [0, 0.05) is 23.0 Å². The largest absolute Gasteiger partial charge is 0.459 e. The molecule has 2 atom stereocenters. The first-order valence-electron chi connectivity index (χ1n) is 10.1. The van der Waals surface area contributed by atoms with E-state index in [0.717, 1.165) is 43.6 Å². The minimum Gasteiger partial charge on any atom is -0.459 e. The van der Waals surface area contributed by atoms with Crippen molar-refractivity contribution in [3.05, 3.63) is 71.5 Å². The molecule has 27 heavy (non-hydrogen) atoms. The maximum Gasteiger partial charge on any atom is 0.134 e. The molecule has 1 aromatic heterocycles. The molecule has 1 N–H and O–H groups in total. The van der Waals surface area contributed by atoms with Crippen molar-refractivity contribution in [2.24, 2.45) is 0 Å². The Bertz CT molecular complexity index is 899. The molecule has 0 aliphatic carbocycles. The van der Waals surface area contributed by atoms with Gasteiger partial charge in [-0.15, -0.1) is 0 Å². The SMILES string of the molecule is CCC(CCC1NCCc2c1oc1ccccc21)(c1ccccc1)N(C)C. The number of benzene rings is 2. The highest BCUT2D eigenvalue weighted by Gasteiger charge is 2.35. The van der Waals surface area contributed by atoms with Crippen LogP contribution < -0.4 is 5.32 Å². The monoisotopic (exact) mass is 362 g/mol. The van der Waals surface area contributed by atoms with Crippen molar-refractivity contribution in [2.45, 2.75) is 44.2 Å². The minimum absolute atomic E-state index is 0.0482. The van der Waals surface area contributed by atoms with Crippen LogP contribution in [0.25, 0.3) is 11.0 Å². The Balaban J connectivity index is 1.63. The van der Waals surface area contributed by atoms with Crippen LogP contribution in [0.15, 0.2) is 59.0 Å². The van der Waals surface area contributed by atoms with E-state index in [0.29, 0.717) is 0 Å². The first-order valence-corrected chi connectivity index (χ1v) is 10.1. The molecule has 3 nitrogen and oxygen atoms in total. The van der Waals surface area contributed by atoms with E-state index in [1.54, 1.807) is 0 Å². The van der Waals surface area contributed by atoms with Gasteiger partial charge in [0.05, 0.1) is 6.04 Å². The summed E-state index contributed by atoms with van der Waals surface area (Å²) in [4.78, 5) is 2.39. The molecule has 3 heteroatoms. The highest BCUT2D eigenvalue weighted by molar-refractivity contribution is 5.82. The predicted octanol–water partition coefficient (Wildman–Crippen LogP) is 5.27. The van der Waals surface area contributed by atoms with E-state index in [4.69, 9.17) is 4.42 Å². The second kappa shape index (κ2) is 7.49. The lowest BCUT2D eigenvalue weighted by Crippen LogP contribution is -2.42. The summed E-state index contributed by atoms with van der Waals surface area (Å²) in [7, 11) is 4.41. The Labute approximate surface area is 162 Å². The van der Waals surface area contributed by atoms with Crippen LogP contribution in [-0.4, -0.2) is 25.5 Å². The molecule has 2 aromatic carbocycles. The van der Waals surface area contributed by atoms with Crippen molar-refractivity contribution < 1.29 is 4.42 Å². The standard InChI is InChI=1S/C24H30N2O/c1-4-24(26(2)3,18-10-6-5-7-11-18)16-14-21-23-20(15-17-25-21)19-12-8-9-13-22(19)27-23/h5-13,21,25H,4,14-17H2,1-3H3. The van der Waals surface area contributed by atoms with Gasteiger partial charge in [0.2, 0.25) is 0 Å². The molecule has 0 amide bonds. The molecule has 1 aliphatic rings. The van der Waals surface area contributed by atoms with Gasteiger partial charge >= 0.3 is 0 Å². The molecule has 142 valence electrons. The fourth-order valence-corrected chi connectivity index (χ4v) is 4.81. The second-order valence-electron chi connectivity index (χ2n) is 7.88. The number of nitrogens with one attached hydrogen (secondary N) is 1. The number of rotatable bonds is 6. The fraction of sp³-hybridized carbons (Fsp3) is 0.417. The molecule has 4 rings (SSSR count). The first kappa shape index (κ1) is 18.3. The molecule has 0 saturated carbocycles. The third-order valence-electron chi connectivity index (χ3n) is 6.41. The summed E-state index contributed by atoms with van der Waals surface area (Å²) in [6.45, 7) is 3.32. The van der Waals surface area contributed by atoms with Crippen LogP contribution in [0.1, 0.15) is 49.1 Å². The van der Waals surface area contributed by atoms with Crippen LogP contribution in [0.2, 0.25) is 0 Å². The van der Waals surface area contributed by atoms with E-state index < -0.39 is 0 Å². The van der Waals surface area contributed by atoms with Crippen LogP contribution in [0, 0.1) is 0 Å². The average molecular weight is 363 g/mol. The second-order valence-corrected chi connectivity index (χ2v) is 7.88. The predicted molar refractivity (Wildman–Crippen MR) is 112 cm³/mol. The zero-order valence-corrected chi connectivity index (χ0v) is 16.7. The minimum atomic E-state index is 0.0482. The molecule has 2 unspecified atom stereocenters. The van der Waals surface area contributed by atoms with E-state index in [1.165, 1.54) is 16.5 Å². The van der Waals surface area contributed by atoms with Gasteiger partial charge in [-0.3, -0.25) is 4.90 Å². The number of hydrogen-bond donors (Lipinski definition) is 1. The molecular weight excluding hydrogens is 332 g/mol. The summed E-state index contributed by atoms with van der Waals surface area (Å²) >= 11 is 0. The van der Waals surface area contributed by atoms with Crippen LogP contribution in [-0.2, 0) is 12.0 Å². The summed E-state index contributed by atoms with van der Waals surface area (Å²) in [5.41, 5.74) is 3.87.